The predicted molar refractivity (Wildman–Crippen MR) is 78.1 cm³/mol. The maximum atomic E-state index is 13.4. The van der Waals surface area contributed by atoms with Gasteiger partial charge in [-0.3, -0.25) is 9.59 Å². The number of nitrogens with one attached hydrogen (secondary N) is 1. The van der Waals surface area contributed by atoms with E-state index in [1.165, 1.54) is 12.1 Å². The van der Waals surface area contributed by atoms with Crippen LogP contribution in [0.25, 0.3) is 0 Å². The van der Waals surface area contributed by atoms with Crippen molar-refractivity contribution >= 4 is 17.5 Å². The second-order valence-electron chi connectivity index (χ2n) is 5.20. The van der Waals surface area contributed by atoms with Crippen LogP contribution in [0.5, 0.6) is 0 Å². The molecule has 21 heavy (non-hydrogen) atoms. The topological polar surface area (TPSA) is 75.4 Å². The minimum atomic E-state index is -0.585. The molecule has 0 unspecified atom stereocenters. The fraction of sp³-hybridized carbons (Fsp3) is 0.467. The fourth-order valence-electron chi connectivity index (χ4n) is 2.51. The number of nitrogen functional groups attached to an aromatic ring is 1. The Morgan fingerprint density at radius 2 is 2.05 bits per heavy atom. The summed E-state index contributed by atoms with van der Waals surface area (Å²) in [5, 5.41) is 2.80. The first kappa shape index (κ1) is 15.3. The highest BCUT2D eigenvalue weighted by atomic mass is 19.1. The molecular formula is C15H20FN3O2. The summed E-state index contributed by atoms with van der Waals surface area (Å²) in [6, 6.07) is 4.08. The standard InChI is InChI=1S/C15H20FN3O2/c1-2-18-14(20)10-5-7-19(8-6-10)15(21)11-3-4-13(17)12(16)9-11/h3-4,9-10H,2,5-8,17H2,1H3,(H,18,20). The molecule has 1 aliphatic rings. The molecule has 1 aromatic carbocycles. The average molecular weight is 293 g/mol. The van der Waals surface area contributed by atoms with Gasteiger partial charge in [0, 0.05) is 31.1 Å². The van der Waals surface area contributed by atoms with Gasteiger partial charge in [0.25, 0.3) is 5.91 Å². The molecule has 1 saturated heterocycles. The molecule has 2 rings (SSSR count). The fourth-order valence-corrected chi connectivity index (χ4v) is 2.51. The van der Waals surface area contributed by atoms with Gasteiger partial charge in [0.2, 0.25) is 5.91 Å². The Hall–Kier alpha value is -2.11. The van der Waals surface area contributed by atoms with E-state index in [0.29, 0.717) is 32.5 Å². The lowest BCUT2D eigenvalue weighted by Crippen LogP contribution is -2.43. The van der Waals surface area contributed by atoms with Crippen LogP contribution in [0.2, 0.25) is 0 Å². The number of nitrogens with zero attached hydrogens (tertiary/aromatic N) is 1. The quantitative estimate of drug-likeness (QED) is 0.827. The number of rotatable bonds is 3. The third-order valence-electron chi connectivity index (χ3n) is 3.75. The van der Waals surface area contributed by atoms with Crippen molar-refractivity contribution in [2.24, 2.45) is 5.92 Å². The maximum absolute atomic E-state index is 13.4. The first-order valence-electron chi connectivity index (χ1n) is 7.15. The largest absolute Gasteiger partial charge is 0.396 e. The molecule has 1 heterocycles. The molecule has 0 radical (unpaired) electrons. The number of carbonyl (C=O) groups excluding carboxylic acids is 2. The van der Waals surface area contributed by atoms with Crippen molar-refractivity contribution in [3.05, 3.63) is 29.6 Å². The van der Waals surface area contributed by atoms with Gasteiger partial charge < -0.3 is 16.0 Å². The van der Waals surface area contributed by atoms with Crippen LogP contribution in [0.4, 0.5) is 10.1 Å². The van der Waals surface area contributed by atoms with E-state index in [0.717, 1.165) is 6.07 Å². The van der Waals surface area contributed by atoms with Crippen LogP contribution in [-0.2, 0) is 4.79 Å². The molecule has 3 N–H and O–H groups in total. The summed E-state index contributed by atoms with van der Waals surface area (Å²) >= 11 is 0. The summed E-state index contributed by atoms with van der Waals surface area (Å²) in [4.78, 5) is 25.7. The van der Waals surface area contributed by atoms with Crippen LogP contribution in [0.3, 0.4) is 0 Å². The Labute approximate surface area is 123 Å². The van der Waals surface area contributed by atoms with E-state index in [9.17, 15) is 14.0 Å². The van der Waals surface area contributed by atoms with E-state index < -0.39 is 5.82 Å². The molecule has 0 bridgehead atoms. The predicted octanol–water partition coefficient (Wildman–Crippen LogP) is 1.40. The molecule has 0 aromatic heterocycles. The monoisotopic (exact) mass is 293 g/mol. The number of hydrogen-bond donors (Lipinski definition) is 2. The zero-order valence-corrected chi connectivity index (χ0v) is 12.1. The molecule has 2 amide bonds. The van der Waals surface area contributed by atoms with Crippen molar-refractivity contribution < 1.29 is 14.0 Å². The molecule has 114 valence electrons. The first-order valence-corrected chi connectivity index (χ1v) is 7.15. The number of benzene rings is 1. The van der Waals surface area contributed by atoms with Gasteiger partial charge in [0.15, 0.2) is 0 Å². The van der Waals surface area contributed by atoms with Crippen LogP contribution >= 0.6 is 0 Å². The summed E-state index contributed by atoms with van der Waals surface area (Å²) in [7, 11) is 0. The molecule has 5 nitrogen and oxygen atoms in total. The number of hydrogen-bond acceptors (Lipinski definition) is 3. The number of amides is 2. The maximum Gasteiger partial charge on any atom is 0.253 e. The smallest absolute Gasteiger partial charge is 0.253 e. The van der Waals surface area contributed by atoms with E-state index in [2.05, 4.69) is 5.32 Å². The Kier molecular flexibility index (Phi) is 4.77. The molecule has 1 aliphatic heterocycles. The van der Waals surface area contributed by atoms with Crippen molar-refractivity contribution in [3.63, 3.8) is 0 Å². The zero-order valence-electron chi connectivity index (χ0n) is 12.1. The van der Waals surface area contributed by atoms with Crippen molar-refractivity contribution in [2.75, 3.05) is 25.4 Å². The summed E-state index contributed by atoms with van der Waals surface area (Å²) in [6.07, 6.45) is 1.27. The lowest BCUT2D eigenvalue weighted by Gasteiger charge is -2.31. The van der Waals surface area contributed by atoms with Crippen LogP contribution in [-0.4, -0.2) is 36.3 Å². The van der Waals surface area contributed by atoms with Gasteiger partial charge >= 0.3 is 0 Å². The van der Waals surface area contributed by atoms with Gasteiger partial charge in [-0.2, -0.15) is 0 Å². The van der Waals surface area contributed by atoms with Crippen LogP contribution in [0, 0.1) is 11.7 Å². The second kappa shape index (κ2) is 6.56. The van der Waals surface area contributed by atoms with E-state index in [4.69, 9.17) is 5.73 Å². The third-order valence-corrected chi connectivity index (χ3v) is 3.75. The zero-order chi connectivity index (χ0) is 15.4. The molecule has 6 heteroatoms. The first-order chi connectivity index (χ1) is 10.0. The summed E-state index contributed by atoms with van der Waals surface area (Å²) in [5.41, 5.74) is 5.72. The number of piperidine rings is 1. The van der Waals surface area contributed by atoms with Crippen molar-refractivity contribution in [3.8, 4) is 0 Å². The summed E-state index contributed by atoms with van der Waals surface area (Å²) in [5.74, 6) is -0.804. The van der Waals surface area contributed by atoms with Gasteiger partial charge in [0.1, 0.15) is 5.82 Å². The number of nitrogens with two attached hydrogens (primary N) is 1. The molecule has 0 saturated carbocycles. The molecule has 0 spiro atoms. The summed E-state index contributed by atoms with van der Waals surface area (Å²) in [6.45, 7) is 3.51. The van der Waals surface area contributed by atoms with E-state index in [-0.39, 0.29) is 29.0 Å². The van der Waals surface area contributed by atoms with Crippen LogP contribution in [0.1, 0.15) is 30.1 Å². The highest BCUT2D eigenvalue weighted by Gasteiger charge is 2.27. The SMILES string of the molecule is CCNC(=O)C1CCN(C(=O)c2ccc(N)c(F)c2)CC1. The van der Waals surface area contributed by atoms with Crippen molar-refractivity contribution in [1.29, 1.82) is 0 Å². The minimum Gasteiger partial charge on any atom is -0.396 e. The molecule has 0 aliphatic carbocycles. The van der Waals surface area contributed by atoms with Crippen LogP contribution in [0.15, 0.2) is 18.2 Å². The Bertz CT molecular complexity index is 540. The number of likely N-dealkylation sites (tertiary alicyclic amines) is 1. The molecule has 1 fully saturated rings. The van der Waals surface area contributed by atoms with E-state index >= 15 is 0 Å². The number of carbonyl (C=O) groups is 2. The minimum absolute atomic E-state index is 0.0292. The molecular weight excluding hydrogens is 273 g/mol. The van der Waals surface area contributed by atoms with Crippen molar-refractivity contribution in [1.82, 2.24) is 10.2 Å². The van der Waals surface area contributed by atoms with E-state index in [1.807, 2.05) is 6.92 Å². The van der Waals surface area contributed by atoms with E-state index in [1.54, 1.807) is 4.90 Å². The van der Waals surface area contributed by atoms with Gasteiger partial charge in [-0.1, -0.05) is 0 Å². The van der Waals surface area contributed by atoms with Gasteiger partial charge in [-0.15, -0.1) is 0 Å². The number of anilines is 1. The Balaban J connectivity index is 1.97. The normalized spacial score (nSPS) is 15.8. The summed E-state index contributed by atoms with van der Waals surface area (Å²) < 4.78 is 13.4. The number of halogens is 1. The lowest BCUT2D eigenvalue weighted by molar-refractivity contribution is -0.126. The Morgan fingerprint density at radius 3 is 2.62 bits per heavy atom. The van der Waals surface area contributed by atoms with Gasteiger partial charge in [-0.25, -0.2) is 4.39 Å². The highest BCUT2D eigenvalue weighted by molar-refractivity contribution is 5.94. The van der Waals surface area contributed by atoms with Crippen molar-refractivity contribution in [2.45, 2.75) is 19.8 Å². The van der Waals surface area contributed by atoms with Gasteiger partial charge in [0.05, 0.1) is 5.69 Å². The molecule has 1 aromatic rings. The average Bonchev–Trinajstić information content (AvgIpc) is 2.50. The second-order valence-corrected chi connectivity index (χ2v) is 5.20. The molecule has 0 atom stereocenters. The Morgan fingerprint density at radius 1 is 1.38 bits per heavy atom. The van der Waals surface area contributed by atoms with Crippen LogP contribution < -0.4 is 11.1 Å². The third kappa shape index (κ3) is 3.51. The lowest BCUT2D eigenvalue weighted by atomic mass is 9.95. The van der Waals surface area contributed by atoms with Gasteiger partial charge in [-0.05, 0) is 38.0 Å². The highest BCUT2D eigenvalue weighted by Crippen LogP contribution is 2.20.